The van der Waals surface area contributed by atoms with E-state index in [2.05, 4.69) is 19.9 Å². The number of aromatic nitrogens is 1. The average molecular weight is 250 g/mol. The summed E-state index contributed by atoms with van der Waals surface area (Å²) in [5.74, 6) is 0. The van der Waals surface area contributed by atoms with Gasteiger partial charge in [-0.2, -0.15) is 0 Å². The van der Waals surface area contributed by atoms with E-state index in [9.17, 15) is 4.79 Å². The number of carbonyl (C=O) groups is 1. The lowest BCUT2D eigenvalue weighted by atomic mass is 10.2. The van der Waals surface area contributed by atoms with Crippen LogP contribution in [0.15, 0.2) is 18.3 Å². The molecule has 18 heavy (non-hydrogen) atoms. The van der Waals surface area contributed by atoms with Crippen molar-refractivity contribution in [2.75, 3.05) is 25.1 Å². The second-order valence-electron chi connectivity index (χ2n) is 4.24. The number of alkyl carbamates (subject to hydrolysis) is 1. The summed E-state index contributed by atoms with van der Waals surface area (Å²) in [6.07, 6.45) is 2.26. The highest BCUT2D eigenvalue weighted by molar-refractivity contribution is 5.67. The number of pyridine rings is 1. The maximum Gasteiger partial charge on any atom is 0.407 e. The molecule has 3 N–H and O–H groups in total. The van der Waals surface area contributed by atoms with Crippen LogP contribution in [-0.2, 0) is 11.3 Å². The summed E-state index contributed by atoms with van der Waals surface area (Å²) in [4.78, 5) is 17.6. The Hall–Kier alpha value is -1.82. The van der Waals surface area contributed by atoms with Gasteiger partial charge in [-0.3, -0.25) is 4.98 Å². The molecule has 1 unspecified atom stereocenters. The fourth-order valence-corrected chi connectivity index (χ4v) is 2.20. The molecular weight excluding hydrogens is 232 g/mol. The number of rotatable bonds is 3. The zero-order valence-corrected chi connectivity index (χ0v) is 10.4. The zero-order valence-electron chi connectivity index (χ0n) is 10.4. The number of carbonyl (C=O) groups excluding carboxylic acids is 1. The molecule has 1 aromatic heterocycles. The quantitative estimate of drug-likeness (QED) is 0.815. The minimum Gasteiger partial charge on any atom is -0.453 e. The highest BCUT2D eigenvalue weighted by atomic mass is 16.5. The van der Waals surface area contributed by atoms with Crippen LogP contribution in [0.5, 0.6) is 0 Å². The molecule has 98 valence electrons. The number of nitrogens with zero attached hydrogens (tertiary/aromatic N) is 2. The van der Waals surface area contributed by atoms with Gasteiger partial charge in [0, 0.05) is 25.8 Å². The number of ether oxygens (including phenoxy) is 1. The smallest absolute Gasteiger partial charge is 0.407 e. The van der Waals surface area contributed by atoms with E-state index < -0.39 is 0 Å². The summed E-state index contributed by atoms with van der Waals surface area (Å²) in [6.45, 7) is 2.06. The van der Waals surface area contributed by atoms with E-state index in [1.54, 1.807) is 6.20 Å². The molecule has 0 spiro atoms. The predicted octanol–water partition coefficient (Wildman–Crippen LogP) is 0.475. The van der Waals surface area contributed by atoms with Crippen molar-refractivity contribution in [1.29, 1.82) is 0 Å². The van der Waals surface area contributed by atoms with Gasteiger partial charge in [-0.1, -0.05) is 0 Å². The zero-order chi connectivity index (χ0) is 13.0. The highest BCUT2D eigenvalue weighted by Crippen LogP contribution is 2.22. The van der Waals surface area contributed by atoms with Gasteiger partial charge in [0.05, 0.1) is 24.5 Å². The highest BCUT2D eigenvalue weighted by Gasteiger charge is 2.25. The van der Waals surface area contributed by atoms with Crippen LogP contribution in [0.3, 0.4) is 0 Å². The van der Waals surface area contributed by atoms with E-state index in [4.69, 9.17) is 5.73 Å². The van der Waals surface area contributed by atoms with Crippen LogP contribution >= 0.6 is 0 Å². The molecule has 0 saturated carbocycles. The normalized spacial score (nSPS) is 18.8. The standard InChI is InChI=1S/C12H18N4O2/c1-18-12(17)15-9-4-6-16(8-9)11-3-2-5-14-10(11)7-13/h2-3,5,9H,4,6-8,13H2,1H3,(H,15,17). The SMILES string of the molecule is COC(=O)NC1CCN(c2cccnc2CN)C1. The van der Waals surface area contributed by atoms with Crippen molar-refractivity contribution in [3.8, 4) is 0 Å². The first-order valence-electron chi connectivity index (χ1n) is 5.98. The Morgan fingerprint density at radius 3 is 3.28 bits per heavy atom. The molecule has 0 aliphatic carbocycles. The van der Waals surface area contributed by atoms with Crippen molar-refractivity contribution >= 4 is 11.8 Å². The summed E-state index contributed by atoms with van der Waals surface area (Å²) in [5.41, 5.74) is 7.61. The van der Waals surface area contributed by atoms with Crippen LogP contribution in [0, 0.1) is 0 Å². The van der Waals surface area contributed by atoms with Gasteiger partial charge in [-0.05, 0) is 18.6 Å². The third-order valence-electron chi connectivity index (χ3n) is 3.10. The lowest BCUT2D eigenvalue weighted by molar-refractivity contribution is 0.167. The van der Waals surface area contributed by atoms with E-state index in [1.807, 2.05) is 12.1 Å². The van der Waals surface area contributed by atoms with Gasteiger partial charge in [-0.15, -0.1) is 0 Å². The van der Waals surface area contributed by atoms with Gasteiger partial charge in [0.1, 0.15) is 0 Å². The number of methoxy groups -OCH3 is 1. The molecular formula is C12H18N4O2. The average Bonchev–Trinajstić information content (AvgIpc) is 2.86. The van der Waals surface area contributed by atoms with Crippen molar-refractivity contribution < 1.29 is 9.53 Å². The Bertz CT molecular complexity index is 424. The van der Waals surface area contributed by atoms with Gasteiger partial charge < -0.3 is 20.7 Å². The summed E-state index contributed by atoms with van der Waals surface area (Å²) in [7, 11) is 1.37. The third kappa shape index (κ3) is 2.70. The first-order chi connectivity index (χ1) is 8.74. The van der Waals surface area contributed by atoms with Crippen LogP contribution in [0.2, 0.25) is 0 Å². The number of anilines is 1. The van der Waals surface area contributed by atoms with E-state index in [0.29, 0.717) is 6.54 Å². The number of amides is 1. The third-order valence-corrected chi connectivity index (χ3v) is 3.10. The molecule has 1 aromatic rings. The fourth-order valence-electron chi connectivity index (χ4n) is 2.20. The number of hydrogen-bond donors (Lipinski definition) is 2. The van der Waals surface area contributed by atoms with Crippen molar-refractivity contribution in [3.05, 3.63) is 24.0 Å². The molecule has 1 saturated heterocycles. The molecule has 2 rings (SSSR count). The van der Waals surface area contributed by atoms with E-state index in [-0.39, 0.29) is 12.1 Å². The number of nitrogens with two attached hydrogens (primary N) is 1. The van der Waals surface area contributed by atoms with Gasteiger partial charge in [0.25, 0.3) is 0 Å². The molecule has 1 amide bonds. The molecule has 1 aliphatic heterocycles. The van der Waals surface area contributed by atoms with E-state index in [0.717, 1.165) is 30.9 Å². The van der Waals surface area contributed by atoms with E-state index >= 15 is 0 Å². The van der Waals surface area contributed by atoms with Crippen molar-refractivity contribution in [3.63, 3.8) is 0 Å². The maximum atomic E-state index is 11.1. The summed E-state index contributed by atoms with van der Waals surface area (Å²) in [6, 6.07) is 4.02. The number of nitrogens with one attached hydrogen (secondary N) is 1. The molecule has 2 heterocycles. The summed E-state index contributed by atoms with van der Waals surface area (Å²) in [5, 5.41) is 2.81. The maximum absolute atomic E-state index is 11.1. The van der Waals surface area contributed by atoms with Crippen LogP contribution < -0.4 is 16.0 Å². The summed E-state index contributed by atoms with van der Waals surface area (Å²) < 4.78 is 4.60. The van der Waals surface area contributed by atoms with Gasteiger partial charge in [-0.25, -0.2) is 4.79 Å². The molecule has 1 fully saturated rings. The second kappa shape index (κ2) is 5.68. The Balaban J connectivity index is 2.02. The van der Waals surface area contributed by atoms with Gasteiger partial charge in [0.2, 0.25) is 0 Å². The van der Waals surface area contributed by atoms with Gasteiger partial charge >= 0.3 is 6.09 Å². The van der Waals surface area contributed by atoms with Crippen molar-refractivity contribution in [2.45, 2.75) is 19.0 Å². The molecule has 1 atom stereocenters. The largest absolute Gasteiger partial charge is 0.453 e. The molecule has 6 heteroatoms. The van der Waals surface area contributed by atoms with Crippen molar-refractivity contribution in [2.24, 2.45) is 5.73 Å². The fraction of sp³-hybridized carbons (Fsp3) is 0.500. The molecule has 1 aliphatic rings. The first-order valence-corrected chi connectivity index (χ1v) is 5.98. The molecule has 0 aromatic carbocycles. The molecule has 0 bridgehead atoms. The van der Waals surface area contributed by atoms with Crippen LogP contribution in [0.1, 0.15) is 12.1 Å². The Kier molecular flexibility index (Phi) is 3.99. The van der Waals surface area contributed by atoms with Crippen LogP contribution in [-0.4, -0.2) is 37.3 Å². The van der Waals surface area contributed by atoms with Crippen molar-refractivity contribution in [1.82, 2.24) is 10.3 Å². The predicted molar refractivity (Wildman–Crippen MR) is 68.3 cm³/mol. The van der Waals surface area contributed by atoms with E-state index in [1.165, 1.54) is 7.11 Å². The Morgan fingerprint density at radius 2 is 2.56 bits per heavy atom. The monoisotopic (exact) mass is 250 g/mol. The van der Waals surface area contributed by atoms with Gasteiger partial charge in [0.15, 0.2) is 0 Å². The molecule has 6 nitrogen and oxygen atoms in total. The lowest BCUT2D eigenvalue weighted by Crippen LogP contribution is -2.37. The minimum absolute atomic E-state index is 0.114. The Labute approximate surface area is 106 Å². The lowest BCUT2D eigenvalue weighted by Gasteiger charge is -2.20. The van der Waals surface area contributed by atoms with Crippen LogP contribution in [0.4, 0.5) is 10.5 Å². The topological polar surface area (TPSA) is 80.5 Å². The minimum atomic E-state index is -0.382. The molecule has 0 radical (unpaired) electrons. The summed E-state index contributed by atoms with van der Waals surface area (Å²) >= 11 is 0. The number of hydrogen-bond acceptors (Lipinski definition) is 5. The Morgan fingerprint density at radius 1 is 1.72 bits per heavy atom. The first kappa shape index (κ1) is 12.6. The second-order valence-corrected chi connectivity index (χ2v) is 4.24. The van der Waals surface area contributed by atoms with Crippen LogP contribution in [0.25, 0.3) is 0 Å².